The predicted octanol–water partition coefficient (Wildman–Crippen LogP) is 2.05. The topological polar surface area (TPSA) is 101 Å². The van der Waals surface area contributed by atoms with Crippen LogP contribution in [0.25, 0.3) is 11.6 Å². The van der Waals surface area contributed by atoms with Crippen molar-refractivity contribution in [1.82, 2.24) is 20.0 Å². The molecule has 1 fully saturated rings. The molecule has 0 radical (unpaired) electrons. The Morgan fingerprint density at radius 1 is 1.21 bits per heavy atom. The van der Waals surface area contributed by atoms with Crippen LogP contribution in [0.1, 0.15) is 12.3 Å². The Balaban J connectivity index is 1.27. The zero-order valence-electron chi connectivity index (χ0n) is 15.7. The second-order valence-electron chi connectivity index (χ2n) is 6.73. The fourth-order valence-corrected chi connectivity index (χ4v) is 2.99. The van der Waals surface area contributed by atoms with Gasteiger partial charge in [0.05, 0.1) is 18.1 Å². The maximum atomic E-state index is 12.2. The minimum absolute atomic E-state index is 0.133. The van der Waals surface area contributed by atoms with Gasteiger partial charge in [0.25, 0.3) is 0 Å². The van der Waals surface area contributed by atoms with E-state index in [-0.39, 0.29) is 12.3 Å². The lowest BCUT2D eigenvalue weighted by Crippen LogP contribution is -2.44. The van der Waals surface area contributed by atoms with Crippen LogP contribution in [0.2, 0.25) is 0 Å². The van der Waals surface area contributed by atoms with Crippen LogP contribution >= 0.6 is 0 Å². The van der Waals surface area contributed by atoms with E-state index in [0.717, 1.165) is 32.0 Å². The van der Waals surface area contributed by atoms with Crippen molar-refractivity contribution in [1.29, 1.82) is 0 Å². The molecule has 9 nitrogen and oxygen atoms in total. The van der Waals surface area contributed by atoms with Crippen molar-refractivity contribution >= 4 is 17.4 Å². The summed E-state index contributed by atoms with van der Waals surface area (Å²) in [5, 5.41) is 6.70. The highest BCUT2D eigenvalue weighted by Crippen LogP contribution is 2.18. The number of carbonyl (C=O) groups is 1. The van der Waals surface area contributed by atoms with Crippen LogP contribution in [0.3, 0.4) is 0 Å². The van der Waals surface area contributed by atoms with E-state index in [9.17, 15) is 4.79 Å². The standard InChI is InChI=1S/C19H22N6O3/c1-24-8-10-25(11-9-24)16-5-4-14(13-20-16)21-17(26)6-7-18-22-19(23-28-18)15-3-2-12-27-15/h2-5,12-13H,6-11H2,1H3,(H,21,26). The van der Waals surface area contributed by atoms with Crippen LogP contribution in [0.5, 0.6) is 0 Å². The molecule has 9 heteroatoms. The number of furan rings is 1. The Bertz CT molecular complexity index is 898. The Morgan fingerprint density at radius 3 is 2.79 bits per heavy atom. The number of likely N-dealkylation sites (N-methyl/N-ethyl adjacent to an activating group) is 1. The van der Waals surface area contributed by atoms with Gasteiger partial charge in [-0.2, -0.15) is 4.98 Å². The number of amides is 1. The Kier molecular flexibility index (Phi) is 5.34. The highest BCUT2D eigenvalue weighted by molar-refractivity contribution is 5.90. The maximum Gasteiger partial charge on any atom is 0.238 e. The third-order valence-electron chi connectivity index (χ3n) is 4.63. The molecule has 0 atom stereocenters. The Morgan fingerprint density at radius 2 is 2.07 bits per heavy atom. The van der Waals surface area contributed by atoms with Crippen LogP contribution in [-0.2, 0) is 11.2 Å². The summed E-state index contributed by atoms with van der Waals surface area (Å²) in [5.74, 6) is 2.11. The van der Waals surface area contributed by atoms with Gasteiger partial charge in [-0.1, -0.05) is 5.16 Å². The van der Waals surface area contributed by atoms with Crippen molar-refractivity contribution in [3.05, 3.63) is 42.6 Å². The molecule has 1 aliphatic rings. The lowest BCUT2D eigenvalue weighted by molar-refractivity contribution is -0.116. The van der Waals surface area contributed by atoms with E-state index >= 15 is 0 Å². The first-order chi connectivity index (χ1) is 13.7. The number of aromatic nitrogens is 3. The number of rotatable bonds is 6. The Hall–Kier alpha value is -3.20. The summed E-state index contributed by atoms with van der Waals surface area (Å²) in [6.07, 6.45) is 3.82. The fourth-order valence-electron chi connectivity index (χ4n) is 2.99. The van der Waals surface area contributed by atoms with Gasteiger partial charge in [-0.05, 0) is 31.3 Å². The number of carbonyl (C=O) groups excluding carboxylic acids is 1. The molecule has 0 unspecified atom stereocenters. The monoisotopic (exact) mass is 382 g/mol. The molecule has 146 valence electrons. The van der Waals surface area contributed by atoms with Crippen molar-refractivity contribution < 1.29 is 13.7 Å². The zero-order chi connectivity index (χ0) is 19.3. The Labute approximate surface area is 162 Å². The second kappa shape index (κ2) is 8.22. The maximum absolute atomic E-state index is 12.2. The van der Waals surface area contributed by atoms with Gasteiger partial charge in [0.2, 0.25) is 17.6 Å². The molecule has 28 heavy (non-hydrogen) atoms. The molecule has 4 rings (SSSR count). The third kappa shape index (κ3) is 4.37. The fraction of sp³-hybridized carbons (Fsp3) is 0.368. The van der Waals surface area contributed by atoms with Crippen molar-refractivity contribution in [2.24, 2.45) is 0 Å². The average molecular weight is 382 g/mol. The molecular weight excluding hydrogens is 360 g/mol. The zero-order valence-corrected chi connectivity index (χ0v) is 15.7. The molecule has 0 saturated carbocycles. The molecule has 1 amide bonds. The van der Waals surface area contributed by atoms with Crippen LogP contribution in [0.4, 0.5) is 11.5 Å². The summed E-state index contributed by atoms with van der Waals surface area (Å²) in [4.78, 5) is 25.4. The number of nitrogens with one attached hydrogen (secondary N) is 1. The molecule has 1 aliphatic heterocycles. The van der Waals surface area contributed by atoms with Gasteiger partial charge < -0.3 is 24.1 Å². The summed E-state index contributed by atoms with van der Waals surface area (Å²) in [6, 6.07) is 7.32. The normalized spacial score (nSPS) is 15.0. The lowest BCUT2D eigenvalue weighted by Gasteiger charge is -2.33. The van der Waals surface area contributed by atoms with E-state index in [1.165, 1.54) is 0 Å². The van der Waals surface area contributed by atoms with E-state index in [1.54, 1.807) is 24.6 Å². The number of hydrogen-bond acceptors (Lipinski definition) is 8. The number of nitrogens with zero attached hydrogens (tertiary/aromatic N) is 5. The van der Waals surface area contributed by atoms with Crippen LogP contribution in [0.15, 0.2) is 45.7 Å². The van der Waals surface area contributed by atoms with Crippen molar-refractivity contribution in [3.63, 3.8) is 0 Å². The van der Waals surface area contributed by atoms with Gasteiger partial charge in [-0.25, -0.2) is 4.98 Å². The van der Waals surface area contributed by atoms with Gasteiger partial charge in [-0.15, -0.1) is 0 Å². The molecule has 0 bridgehead atoms. The number of aryl methyl sites for hydroxylation is 1. The molecule has 3 aromatic heterocycles. The van der Waals surface area contributed by atoms with E-state index in [0.29, 0.717) is 29.6 Å². The highest BCUT2D eigenvalue weighted by Gasteiger charge is 2.16. The molecule has 1 saturated heterocycles. The lowest BCUT2D eigenvalue weighted by atomic mass is 10.2. The third-order valence-corrected chi connectivity index (χ3v) is 4.63. The van der Waals surface area contributed by atoms with Crippen molar-refractivity contribution in [2.45, 2.75) is 12.8 Å². The van der Waals surface area contributed by atoms with Crippen molar-refractivity contribution in [3.8, 4) is 11.6 Å². The average Bonchev–Trinajstić information content (AvgIpc) is 3.39. The predicted molar refractivity (Wildman–Crippen MR) is 103 cm³/mol. The molecule has 1 N–H and O–H groups in total. The summed E-state index contributed by atoms with van der Waals surface area (Å²) in [5.41, 5.74) is 0.671. The second-order valence-corrected chi connectivity index (χ2v) is 6.73. The number of pyridine rings is 1. The molecule has 4 heterocycles. The summed E-state index contributed by atoms with van der Waals surface area (Å²) in [6.45, 7) is 3.97. The molecule has 0 aliphatic carbocycles. The first kappa shape index (κ1) is 18.2. The van der Waals surface area contributed by atoms with E-state index < -0.39 is 0 Å². The summed E-state index contributed by atoms with van der Waals surface area (Å²) >= 11 is 0. The first-order valence-corrected chi connectivity index (χ1v) is 9.23. The van der Waals surface area contributed by atoms with Crippen LogP contribution < -0.4 is 10.2 Å². The van der Waals surface area contributed by atoms with E-state index in [1.807, 2.05) is 12.1 Å². The molecular formula is C19H22N6O3. The van der Waals surface area contributed by atoms with Crippen molar-refractivity contribution in [2.75, 3.05) is 43.4 Å². The van der Waals surface area contributed by atoms with E-state index in [2.05, 4.69) is 37.3 Å². The summed E-state index contributed by atoms with van der Waals surface area (Å²) < 4.78 is 10.4. The molecule has 0 aromatic carbocycles. The smallest absolute Gasteiger partial charge is 0.238 e. The van der Waals surface area contributed by atoms with Gasteiger partial charge >= 0.3 is 0 Å². The minimum atomic E-state index is -0.133. The largest absolute Gasteiger partial charge is 0.461 e. The number of anilines is 2. The van der Waals surface area contributed by atoms with E-state index in [4.69, 9.17) is 8.94 Å². The SMILES string of the molecule is CN1CCN(c2ccc(NC(=O)CCc3nc(-c4ccco4)no3)cn2)CC1. The number of piperazine rings is 1. The van der Waals surface area contributed by atoms with Crippen LogP contribution in [0, 0.1) is 0 Å². The van der Waals surface area contributed by atoms with Gasteiger partial charge in [0.15, 0.2) is 5.76 Å². The van der Waals surface area contributed by atoms with Crippen LogP contribution in [-0.4, -0.2) is 59.2 Å². The summed E-state index contributed by atoms with van der Waals surface area (Å²) in [7, 11) is 2.12. The molecule has 3 aromatic rings. The minimum Gasteiger partial charge on any atom is -0.461 e. The van der Waals surface area contributed by atoms with Gasteiger partial charge in [0.1, 0.15) is 5.82 Å². The quantitative estimate of drug-likeness (QED) is 0.691. The molecule has 0 spiro atoms. The van der Waals surface area contributed by atoms with Gasteiger partial charge in [-0.3, -0.25) is 4.79 Å². The highest BCUT2D eigenvalue weighted by atomic mass is 16.5. The number of hydrogen-bond donors (Lipinski definition) is 1. The van der Waals surface area contributed by atoms with Gasteiger partial charge in [0, 0.05) is 39.0 Å². The first-order valence-electron chi connectivity index (χ1n) is 9.23.